The van der Waals surface area contributed by atoms with E-state index in [2.05, 4.69) is 5.32 Å². The van der Waals surface area contributed by atoms with Gasteiger partial charge in [0.05, 0.1) is 6.04 Å². The minimum atomic E-state index is -0.375. The average molecular weight is 330 g/mol. The van der Waals surface area contributed by atoms with Crippen molar-refractivity contribution in [2.45, 2.75) is 19.9 Å². The summed E-state index contributed by atoms with van der Waals surface area (Å²) in [5, 5.41) is 2.72. The summed E-state index contributed by atoms with van der Waals surface area (Å²) in [7, 11) is 1.86. The first-order valence-electron chi connectivity index (χ1n) is 7.92. The third-order valence-corrected chi connectivity index (χ3v) is 3.93. The van der Waals surface area contributed by atoms with Gasteiger partial charge < -0.3 is 10.1 Å². The van der Waals surface area contributed by atoms with Crippen molar-refractivity contribution in [1.29, 1.82) is 0 Å². The molecule has 5 heteroatoms. The van der Waals surface area contributed by atoms with Crippen molar-refractivity contribution in [2.75, 3.05) is 25.5 Å². The number of anilines is 1. The van der Waals surface area contributed by atoms with Gasteiger partial charge in [-0.05, 0) is 50.7 Å². The first kappa shape index (κ1) is 17.9. The standard InChI is InChI=1S/C19H23FN2O2/c1-14-7-4-5-10-18(14)24-12-11-22(3)15(2)19(23)21-17-9-6-8-16(20)13-17/h4-10,13,15H,11-12H2,1-3H3,(H,21,23). The van der Waals surface area contributed by atoms with Gasteiger partial charge in [0.1, 0.15) is 18.2 Å². The maximum atomic E-state index is 13.2. The maximum absolute atomic E-state index is 13.2. The van der Waals surface area contributed by atoms with E-state index in [0.717, 1.165) is 11.3 Å². The number of rotatable bonds is 7. The Kier molecular flexibility index (Phi) is 6.32. The number of benzene rings is 2. The topological polar surface area (TPSA) is 41.6 Å². The molecule has 0 aliphatic rings. The number of hydrogen-bond donors (Lipinski definition) is 1. The van der Waals surface area contributed by atoms with Crippen LogP contribution in [0.1, 0.15) is 12.5 Å². The molecule has 4 nitrogen and oxygen atoms in total. The summed E-state index contributed by atoms with van der Waals surface area (Å²) < 4.78 is 18.9. The molecule has 0 fully saturated rings. The zero-order valence-corrected chi connectivity index (χ0v) is 14.3. The highest BCUT2D eigenvalue weighted by molar-refractivity contribution is 5.94. The Hall–Kier alpha value is -2.40. The van der Waals surface area contributed by atoms with E-state index in [1.165, 1.54) is 12.1 Å². The summed E-state index contributed by atoms with van der Waals surface area (Å²) in [5.41, 5.74) is 1.54. The SMILES string of the molecule is Cc1ccccc1OCCN(C)C(C)C(=O)Nc1cccc(F)c1. The first-order chi connectivity index (χ1) is 11.5. The minimum absolute atomic E-state index is 0.181. The van der Waals surface area contributed by atoms with Gasteiger partial charge in [0.25, 0.3) is 0 Å². The molecule has 1 N–H and O–H groups in total. The molecule has 1 atom stereocenters. The van der Waals surface area contributed by atoms with Crippen LogP contribution in [0.3, 0.4) is 0 Å². The molecule has 0 heterocycles. The third-order valence-electron chi connectivity index (χ3n) is 3.93. The number of likely N-dealkylation sites (N-methyl/N-ethyl adjacent to an activating group) is 1. The van der Waals surface area contributed by atoms with Crippen LogP contribution in [0.4, 0.5) is 10.1 Å². The van der Waals surface area contributed by atoms with E-state index in [-0.39, 0.29) is 17.8 Å². The molecular formula is C19H23FN2O2. The van der Waals surface area contributed by atoms with E-state index in [1.807, 2.05) is 50.1 Å². The van der Waals surface area contributed by atoms with E-state index in [9.17, 15) is 9.18 Å². The lowest BCUT2D eigenvalue weighted by Crippen LogP contribution is -2.41. The smallest absolute Gasteiger partial charge is 0.241 e. The zero-order chi connectivity index (χ0) is 17.5. The number of carbonyl (C=O) groups is 1. The molecule has 1 amide bonds. The molecule has 0 saturated heterocycles. The van der Waals surface area contributed by atoms with Crippen molar-refractivity contribution in [3.8, 4) is 5.75 Å². The molecular weight excluding hydrogens is 307 g/mol. The van der Waals surface area contributed by atoms with Crippen molar-refractivity contribution in [3.63, 3.8) is 0 Å². The molecule has 0 radical (unpaired) electrons. The second-order valence-corrected chi connectivity index (χ2v) is 5.77. The number of hydrogen-bond acceptors (Lipinski definition) is 3. The molecule has 128 valence electrons. The van der Waals surface area contributed by atoms with Crippen molar-refractivity contribution in [1.82, 2.24) is 4.90 Å². The lowest BCUT2D eigenvalue weighted by Gasteiger charge is -2.24. The van der Waals surface area contributed by atoms with E-state index in [0.29, 0.717) is 18.8 Å². The summed E-state index contributed by atoms with van der Waals surface area (Å²) in [6, 6.07) is 13.3. The highest BCUT2D eigenvalue weighted by atomic mass is 19.1. The summed E-state index contributed by atoms with van der Waals surface area (Å²) in [6.07, 6.45) is 0. The van der Waals surface area contributed by atoms with Crippen molar-refractivity contribution in [3.05, 3.63) is 59.9 Å². The first-order valence-corrected chi connectivity index (χ1v) is 7.92. The van der Waals surface area contributed by atoms with E-state index < -0.39 is 0 Å². The largest absolute Gasteiger partial charge is 0.492 e. The highest BCUT2D eigenvalue weighted by Gasteiger charge is 2.18. The zero-order valence-electron chi connectivity index (χ0n) is 14.3. The third kappa shape index (κ3) is 5.06. The van der Waals surface area contributed by atoms with Crippen molar-refractivity contribution < 1.29 is 13.9 Å². The van der Waals surface area contributed by atoms with Crippen LogP contribution < -0.4 is 10.1 Å². The Morgan fingerprint density at radius 1 is 1.25 bits per heavy atom. The Balaban J connectivity index is 1.82. The van der Waals surface area contributed by atoms with Crippen LogP contribution in [0.2, 0.25) is 0 Å². The number of nitrogens with zero attached hydrogens (tertiary/aromatic N) is 1. The summed E-state index contributed by atoms with van der Waals surface area (Å²) in [6.45, 7) is 4.89. The van der Waals surface area contributed by atoms with Gasteiger partial charge in [-0.2, -0.15) is 0 Å². The molecule has 0 saturated carbocycles. The Labute approximate surface area is 142 Å². The second-order valence-electron chi connectivity index (χ2n) is 5.77. The number of nitrogens with one attached hydrogen (secondary N) is 1. The molecule has 0 aliphatic heterocycles. The van der Waals surface area contributed by atoms with E-state index in [4.69, 9.17) is 4.74 Å². The Morgan fingerprint density at radius 3 is 2.71 bits per heavy atom. The summed E-state index contributed by atoms with van der Waals surface area (Å²) in [5.74, 6) is 0.294. The minimum Gasteiger partial charge on any atom is -0.492 e. The quantitative estimate of drug-likeness (QED) is 0.845. The molecule has 0 spiro atoms. The molecule has 0 bridgehead atoms. The van der Waals surface area contributed by atoms with Gasteiger partial charge in [0, 0.05) is 12.2 Å². The average Bonchev–Trinajstić information content (AvgIpc) is 2.55. The van der Waals surface area contributed by atoms with Crippen LogP contribution in [-0.4, -0.2) is 37.0 Å². The predicted molar refractivity (Wildman–Crippen MR) is 93.8 cm³/mol. The van der Waals surface area contributed by atoms with Gasteiger partial charge in [-0.25, -0.2) is 4.39 Å². The van der Waals surface area contributed by atoms with Gasteiger partial charge in [-0.1, -0.05) is 24.3 Å². The summed E-state index contributed by atoms with van der Waals surface area (Å²) >= 11 is 0. The normalized spacial score (nSPS) is 12.0. The van der Waals surface area contributed by atoms with E-state index in [1.54, 1.807) is 12.1 Å². The van der Waals surface area contributed by atoms with Crippen LogP contribution >= 0.6 is 0 Å². The van der Waals surface area contributed by atoms with Crippen LogP contribution in [0.15, 0.2) is 48.5 Å². The van der Waals surface area contributed by atoms with Crippen molar-refractivity contribution in [2.24, 2.45) is 0 Å². The number of carbonyl (C=O) groups excluding carboxylic acids is 1. The number of aryl methyl sites for hydroxylation is 1. The van der Waals surface area contributed by atoms with Crippen LogP contribution in [0, 0.1) is 12.7 Å². The Bertz CT molecular complexity index is 691. The Morgan fingerprint density at radius 2 is 2.00 bits per heavy atom. The molecule has 1 unspecified atom stereocenters. The van der Waals surface area contributed by atoms with Gasteiger partial charge in [-0.3, -0.25) is 9.69 Å². The predicted octanol–water partition coefficient (Wildman–Crippen LogP) is 3.47. The summed E-state index contributed by atoms with van der Waals surface area (Å²) in [4.78, 5) is 14.1. The molecule has 0 aliphatic carbocycles. The van der Waals surface area contributed by atoms with Gasteiger partial charge in [-0.15, -0.1) is 0 Å². The van der Waals surface area contributed by atoms with E-state index >= 15 is 0 Å². The number of para-hydroxylation sites is 1. The lowest BCUT2D eigenvalue weighted by molar-refractivity contribution is -0.120. The molecule has 2 rings (SSSR count). The second kappa shape index (κ2) is 8.45. The monoisotopic (exact) mass is 330 g/mol. The molecule has 2 aromatic carbocycles. The molecule has 2 aromatic rings. The maximum Gasteiger partial charge on any atom is 0.241 e. The molecule has 0 aromatic heterocycles. The fraction of sp³-hybridized carbons (Fsp3) is 0.316. The fourth-order valence-corrected chi connectivity index (χ4v) is 2.22. The van der Waals surface area contributed by atoms with Gasteiger partial charge in [0.15, 0.2) is 0 Å². The molecule has 24 heavy (non-hydrogen) atoms. The fourth-order valence-electron chi connectivity index (χ4n) is 2.22. The van der Waals surface area contributed by atoms with Gasteiger partial charge in [0.2, 0.25) is 5.91 Å². The number of ether oxygens (including phenoxy) is 1. The highest BCUT2D eigenvalue weighted by Crippen LogP contribution is 2.16. The van der Waals surface area contributed by atoms with Crippen LogP contribution in [0.5, 0.6) is 5.75 Å². The van der Waals surface area contributed by atoms with Crippen molar-refractivity contribution >= 4 is 11.6 Å². The number of amides is 1. The lowest BCUT2D eigenvalue weighted by atomic mass is 10.2. The van der Waals surface area contributed by atoms with Crippen LogP contribution in [-0.2, 0) is 4.79 Å². The number of halogens is 1. The van der Waals surface area contributed by atoms with Crippen LogP contribution in [0.25, 0.3) is 0 Å². The van der Waals surface area contributed by atoms with Gasteiger partial charge >= 0.3 is 0 Å².